The van der Waals surface area contributed by atoms with Crippen molar-refractivity contribution in [2.24, 2.45) is 0 Å². The third kappa shape index (κ3) is 8.85. The van der Waals surface area contributed by atoms with E-state index in [1.54, 1.807) is 26.2 Å². The van der Waals surface area contributed by atoms with Gasteiger partial charge in [-0.2, -0.15) is 5.10 Å². The summed E-state index contributed by atoms with van der Waals surface area (Å²) in [6.45, 7) is 7.32. The van der Waals surface area contributed by atoms with E-state index in [2.05, 4.69) is 38.2 Å². The summed E-state index contributed by atoms with van der Waals surface area (Å²) in [6.07, 6.45) is 3.17. The Morgan fingerprint density at radius 2 is 1.67 bits per heavy atom. The van der Waals surface area contributed by atoms with E-state index in [0.29, 0.717) is 35.8 Å². The van der Waals surface area contributed by atoms with E-state index in [1.165, 1.54) is 5.39 Å². The molecule has 2 heterocycles. The highest BCUT2D eigenvalue weighted by Crippen LogP contribution is 2.28. The lowest BCUT2D eigenvalue weighted by Crippen LogP contribution is -2.46. The Balaban J connectivity index is 0.000000459. The van der Waals surface area contributed by atoms with Crippen molar-refractivity contribution in [3.63, 3.8) is 0 Å². The second-order valence-electron chi connectivity index (χ2n) is 8.91. The van der Waals surface area contributed by atoms with Crippen molar-refractivity contribution in [1.82, 2.24) is 15.1 Å². The van der Waals surface area contributed by atoms with Crippen LogP contribution in [-0.2, 0) is 9.59 Å². The Bertz CT molecular complexity index is 1280. The first-order chi connectivity index (χ1) is 18.8. The number of nitrogens with zero attached hydrogens (tertiary/aromatic N) is 3. The molecule has 0 aliphatic carbocycles. The molecule has 0 atom stereocenters. The van der Waals surface area contributed by atoms with Crippen LogP contribution in [-0.4, -0.2) is 89.5 Å². The zero-order chi connectivity index (χ0) is 28.2. The fraction of sp³-hybridized carbons (Fsp3) is 0.357. The number of methoxy groups -OCH3 is 1. The number of unbranched alkanes of at least 4 members (excludes halogenated alkanes) is 1. The molecule has 11 nitrogen and oxygen atoms in total. The topological polar surface area (TPSA) is 145 Å². The quantitative estimate of drug-likeness (QED) is 0.188. The van der Waals surface area contributed by atoms with Crippen molar-refractivity contribution in [2.75, 3.05) is 51.3 Å². The molecule has 0 spiro atoms. The lowest BCUT2D eigenvalue weighted by atomic mass is 10.1. The van der Waals surface area contributed by atoms with Crippen LogP contribution in [0.2, 0.25) is 0 Å². The fourth-order valence-electron chi connectivity index (χ4n) is 4.14. The number of nitrogens with one attached hydrogen (secondary N) is 1. The molecule has 208 valence electrons. The summed E-state index contributed by atoms with van der Waals surface area (Å²) in [5.74, 6) is -0.138. The zero-order valence-corrected chi connectivity index (χ0v) is 22.1. The molecule has 1 aliphatic heterocycles. The highest BCUT2D eigenvalue weighted by Gasteiger charge is 2.20. The number of Topliss-reactive ketones (excluding diaryl/α,β-unsaturated/α-hetero) is 1. The average molecular weight is 539 g/mol. The Kier molecular flexibility index (Phi) is 10.9. The van der Waals surface area contributed by atoms with Crippen molar-refractivity contribution in [3.8, 4) is 11.5 Å². The van der Waals surface area contributed by atoms with E-state index in [4.69, 9.17) is 19.7 Å². The standard InChI is InChI=1S/C24H30N4O3.C4H4O4/c1-18(29)19-9-10-22(23(17-19)30-2)31-16-6-5-11-27-12-14-28(15-13-27)24-20-7-3-4-8-21(20)25-26-24;5-3(6)1-2-4(7)8/h3-4,7-10,17H,5-6,11-16H2,1-2H3,(H,25,26);1-2H,(H,5,6)(H,7,8). The molecule has 2 aromatic carbocycles. The van der Waals surface area contributed by atoms with E-state index in [1.807, 2.05) is 12.1 Å². The van der Waals surface area contributed by atoms with Gasteiger partial charge in [0.25, 0.3) is 0 Å². The summed E-state index contributed by atoms with van der Waals surface area (Å²) in [5.41, 5.74) is 1.72. The number of H-pyrrole nitrogens is 1. The van der Waals surface area contributed by atoms with Crippen LogP contribution in [0.4, 0.5) is 5.82 Å². The molecule has 1 saturated heterocycles. The number of aliphatic carboxylic acids is 2. The summed E-state index contributed by atoms with van der Waals surface area (Å²) >= 11 is 0. The van der Waals surface area contributed by atoms with Crippen LogP contribution >= 0.6 is 0 Å². The summed E-state index contributed by atoms with van der Waals surface area (Å²) < 4.78 is 11.2. The third-order valence-electron chi connectivity index (χ3n) is 6.19. The first-order valence-electron chi connectivity index (χ1n) is 12.6. The number of benzene rings is 2. The molecule has 0 saturated carbocycles. The predicted molar refractivity (Wildman–Crippen MR) is 147 cm³/mol. The highest BCUT2D eigenvalue weighted by atomic mass is 16.5. The van der Waals surface area contributed by atoms with Crippen molar-refractivity contribution in [2.45, 2.75) is 19.8 Å². The van der Waals surface area contributed by atoms with Gasteiger partial charge in [0.1, 0.15) is 0 Å². The van der Waals surface area contributed by atoms with Crippen molar-refractivity contribution >= 4 is 34.4 Å². The van der Waals surface area contributed by atoms with Gasteiger partial charge in [-0.25, -0.2) is 9.59 Å². The summed E-state index contributed by atoms with van der Waals surface area (Å²) in [6, 6.07) is 13.6. The fourth-order valence-corrected chi connectivity index (χ4v) is 4.14. The number of piperazine rings is 1. The smallest absolute Gasteiger partial charge is 0.328 e. The molecule has 1 aromatic heterocycles. The summed E-state index contributed by atoms with van der Waals surface area (Å²) in [4.78, 5) is 35.5. The monoisotopic (exact) mass is 538 g/mol. The Morgan fingerprint density at radius 3 is 2.31 bits per heavy atom. The number of aromatic amines is 1. The molecule has 11 heteroatoms. The minimum Gasteiger partial charge on any atom is -0.493 e. The number of para-hydroxylation sites is 1. The van der Waals surface area contributed by atoms with E-state index < -0.39 is 11.9 Å². The van der Waals surface area contributed by atoms with Crippen LogP contribution in [0.5, 0.6) is 11.5 Å². The number of carbonyl (C=O) groups is 3. The van der Waals surface area contributed by atoms with Gasteiger partial charge < -0.3 is 24.6 Å². The molecule has 0 amide bonds. The molecule has 1 aliphatic rings. The molecule has 4 rings (SSSR count). The lowest BCUT2D eigenvalue weighted by Gasteiger charge is -2.35. The molecule has 39 heavy (non-hydrogen) atoms. The Labute approximate surface area is 226 Å². The highest BCUT2D eigenvalue weighted by molar-refractivity contribution is 5.94. The number of hydrogen-bond acceptors (Lipinski definition) is 8. The molecular weight excluding hydrogens is 504 g/mol. The van der Waals surface area contributed by atoms with Gasteiger partial charge in [-0.3, -0.25) is 14.8 Å². The SMILES string of the molecule is COc1cc(C(C)=O)ccc1OCCCCN1CCN(c2n[nH]c3ccccc23)CC1.O=C(O)C=CC(=O)O. The van der Waals surface area contributed by atoms with E-state index in [-0.39, 0.29) is 5.78 Å². The van der Waals surface area contributed by atoms with Crippen LogP contribution in [0, 0.1) is 0 Å². The number of carboxylic acid groups (broad SMARTS) is 2. The molecule has 0 unspecified atom stereocenters. The number of hydrogen-bond donors (Lipinski definition) is 3. The molecule has 0 bridgehead atoms. The van der Waals surface area contributed by atoms with Crippen molar-refractivity contribution in [3.05, 3.63) is 60.2 Å². The zero-order valence-electron chi connectivity index (χ0n) is 22.1. The van der Waals surface area contributed by atoms with Gasteiger partial charge in [0, 0.05) is 49.3 Å². The average Bonchev–Trinajstić information content (AvgIpc) is 3.36. The predicted octanol–water partition coefficient (Wildman–Crippen LogP) is 3.47. The summed E-state index contributed by atoms with van der Waals surface area (Å²) in [5, 5.41) is 24.5. The molecule has 0 radical (unpaired) electrons. The van der Waals surface area contributed by atoms with Gasteiger partial charge in [0.2, 0.25) is 0 Å². The Morgan fingerprint density at radius 1 is 0.974 bits per heavy atom. The maximum absolute atomic E-state index is 11.5. The first-order valence-corrected chi connectivity index (χ1v) is 12.6. The van der Waals surface area contributed by atoms with Crippen LogP contribution in [0.25, 0.3) is 10.9 Å². The maximum Gasteiger partial charge on any atom is 0.328 e. The minimum atomic E-state index is -1.26. The van der Waals surface area contributed by atoms with Crippen LogP contribution in [0.3, 0.4) is 0 Å². The number of anilines is 1. The second-order valence-corrected chi connectivity index (χ2v) is 8.91. The largest absolute Gasteiger partial charge is 0.493 e. The van der Waals surface area contributed by atoms with Gasteiger partial charge in [0.05, 0.1) is 19.2 Å². The van der Waals surface area contributed by atoms with Crippen molar-refractivity contribution < 1.29 is 34.1 Å². The summed E-state index contributed by atoms with van der Waals surface area (Å²) in [7, 11) is 1.59. The lowest BCUT2D eigenvalue weighted by molar-refractivity contribution is -0.134. The minimum absolute atomic E-state index is 0.0189. The van der Waals surface area contributed by atoms with E-state index >= 15 is 0 Å². The number of fused-ring (bicyclic) bond motifs is 1. The van der Waals surface area contributed by atoms with Gasteiger partial charge in [-0.05, 0) is 56.6 Å². The molecular formula is C28H34N4O7. The normalized spacial score (nSPS) is 13.6. The number of ether oxygens (including phenoxy) is 2. The van der Waals surface area contributed by atoms with Crippen LogP contribution in [0.15, 0.2) is 54.6 Å². The number of ketones is 1. The molecule has 3 N–H and O–H groups in total. The van der Waals surface area contributed by atoms with Gasteiger partial charge in [-0.15, -0.1) is 0 Å². The Hall–Kier alpha value is -4.38. The number of carbonyl (C=O) groups excluding carboxylic acids is 1. The van der Waals surface area contributed by atoms with Gasteiger partial charge >= 0.3 is 11.9 Å². The van der Waals surface area contributed by atoms with Crippen molar-refractivity contribution in [1.29, 1.82) is 0 Å². The second kappa shape index (κ2) is 14.5. The van der Waals surface area contributed by atoms with Crippen LogP contribution < -0.4 is 14.4 Å². The number of aromatic nitrogens is 2. The maximum atomic E-state index is 11.5. The van der Waals surface area contributed by atoms with E-state index in [9.17, 15) is 14.4 Å². The molecule has 3 aromatic rings. The van der Waals surface area contributed by atoms with Crippen LogP contribution in [0.1, 0.15) is 30.1 Å². The van der Waals surface area contributed by atoms with Gasteiger partial charge in [0.15, 0.2) is 23.1 Å². The van der Waals surface area contributed by atoms with E-state index in [0.717, 1.165) is 56.9 Å². The third-order valence-corrected chi connectivity index (χ3v) is 6.19. The van der Waals surface area contributed by atoms with Gasteiger partial charge in [-0.1, -0.05) is 12.1 Å². The molecule has 1 fully saturated rings. The first kappa shape index (κ1) is 29.2. The number of carboxylic acids is 2. The number of rotatable bonds is 11.